The largest absolute Gasteiger partial charge is 0.376 e. The molecule has 1 aromatic carbocycles. The number of benzene rings is 1. The molecular formula is C21H28N2O4. The summed E-state index contributed by atoms with van der Waals surface area (Å²) in [6, 6.07) is 5.07. The van der Waals surface area contributed by atoms with Gasteiger partial charge in [0.05, 0.1) is 12.1 Å². The molecule has 0 spiro atoms. The normalized spacial score (nSPS) is 24.0. The molecule has 2 fully saturated rings. The summed E-state index contributed by atoms with van der Waals surface area (Å²) in [6.07, 6.45) is 1.49. The molecule has 1 aromatic rings. The maximum Gasteiger partial charge on any atom is 0.244 e. The van der Waals surface area contributed by atoms with E-state index in [1.54, 1.807) is 19.0 Å². The Balaban J connectivity index is 1.68. The molecule has 1 unspecified atom stereocenters. The highest BCUT2D eigenvalue weighted by Crippen LogP contribution is 2.35. The van der Waals surface area contributed by atoms with Crippen LogP contribution in [0.4, 0.5) is 0 Å². The van der Waals surface area contributed by atoms with Crippen molar-refractivity contribution in [3.05, 3.63) is 34.9 Å². The van der Waals surface area contributed by atoms with Crippen LogP contribution in [0.15, 0.2) is 18.2 Å². The van der Waals surface area contributed by atoms with E-state index in [1.165, 1.54) is 4.90 Å². The number of ketones is 1. The molecule has 2 saturated heterocycles. The molecule has 2 aliphatic rings. The summed E-state index contributed by atoms with van der Waals surface area (Å²) in [4.78, 5) is 41.2. The van der Waals surface area contributed by atoms with Gasteiger partial charge in [-0.25, -0.2) is 0 Å². The Morgan fingerprint density at radius 2 is 1.89 bits per heavy atom. The molecule has 146 valence electrons. The van der Waals surface area contributed by atoms with E-state index in [4.69, 9.17) is 4.74 Å². The molecule has 0 radical (unpaired) electrons. The van der Waals surface area contributed by atoms with Gasteiger partial charge in [-0.3, -0.25) is 14.4 Å². The quantitative estimate of drug-likeness (QED) is 0.743. The predicted molar refractivity (Wildman–Crippen MR) is 102 cm³/mol. The Morgan fingerprint density at radius 1 is 1.15 bits per heavy atom. The molecule has 27 heavy (non-hydrogen) atoms. The number of carbonyl (C=O) groups is 3. The number of nitrogens with zero attached hydrogens (tertiary/aromatic N) is 2. The van der Waals surface area contributed by atoms with E-state index in [0.29, 0.717) is 18.6 Å². The second kappa shape index (κ2) is 7.80. The summed E-state index contributed by atoms with van der Waals surface area (Å²) >= 11 is 0. The van der Waals surface area contributed by atoms with E-state index < -0.39 is 6.04 Å². The van der Waals surface area contributed by atoms with Crippen molar-refractivity contribution in [1.82, 2.24) is 9.80 Å². The summed E-state index contributed by atoms with van der Waals surface area (Å²) in [6.45, 7) is 4.59. The van der Waals surface area contributed by atoms with Gasteiger partial charge in [-0.2, -0.15) is 0 Å². The molecule has 2 amide bonds. The zero-order valence-corrected chi connectivity index (χ0v) is 16.5. The Hall–Kier alpha value is -2.21. The second-order valence-electron chi connectivity index (χ2n) is 7.77. The van der Waals surface area contributed by atoms with E-state index in [0.717, 1.165) is 17.5 Å². The highest BCUT2D eigenvalue weighted by atomic mass is 16.5. The molecule has 0 N–H and O–H groups in total. The molecule has 3 rings (SSSR count). The van der Waals surface area contributed by atoms with Crippen molar-refractivity contribution in [2.75, 3.05) is 20.7 Å². The summed E-state index contributed by atoms with van der Waals surface area (Å²) in [5.74, 6) is -0.257. The summed E-state index contributed by atoms with van der Waals surface area (Å²) in [5, 5.41) is 0. The third-order valence-electron chi connectivity index (χ3n) is 5.73. The molecular weight excluding hydrogens is 344 g/mol. The number of hydrogen-bond acceptors (Lipinski definition) is 4. The van der Waals surface area contributed by atoms with Gasteiger partial charge in [0.15, 0.2) is 5.78 Å². The van der Waals surface area contributed by atoms with E-state index >= 15 is 0 Å². The number of aryl methyl sites for hydroxylation is 2. The van der Waals surface area contributed by atoms with Gasteiger partial charge >= 0.3 is 0 Å². The fraction of sp³-hybridized carbons (Fsp3) is 0.571. The number of amides is 2. The fourth-order valence-electron chi connectivity index (χ4n) is 4.03. The summed E-state index contributed by atoms with van der Waals surface area (Å²) in [7, 11) is 3.40. The number of likely N-dealkylation sites (tertiary alicyclic amines) is 1. The van der Waals surface area contributed by atoms with Gasteiger partial charge in [0.1, 0.15) is 6.04 Å². The van der Waals surface area contributed by atoms with Gasteiger partial charge in [0.25, 0.3) is 0 Å². The average Bonchev–Trinajstić information content (AvgIpc) is 3.21. The van der Waals surface area contributed by atoms with E-state index in [1.807, 2.05) is 32.0 Å². The second-order valence-corrected chi connectivity index (χ2v) is 7.77. The lowest BCUT2D eigenvalue weighted by atomic mass is 10.0. The van der Waals surface area contributed by atoms with Gasteiger partial charge in [0, 0.05) is 45.5 Å². The minimum atomic E-state index is -0.487. The number of carbonyl (C=O) groups excluding carboxylic acids is 3. The first-order valence-corrected chi connectivity index (χ1v) is 9.54. The monoisotopic (exact) mass is 372 g/mol. The first-order chi connectivity index (χ1) is 12.8. The van der Waals surface area contributed by atoms with E-state index in [9.17, 15) is 14.4 Å². The minimum Gasteiger partial charge on any atom is -0.376 e. The highest BCUT2D eigenvalue weighted by molar-refractivity contribution is 5.98. The number of hydrogen-bond donors (Lipinski definition) is 0. The van der Waals surface area contributed by atoms with Crippen molar-refractivity contribution < 1.29 is 19.1 Å². The summed E-state index contributed by atoms with van der Waals surface area (Å²) < 4.78 is 5.71. The molecule has 3 atom stereocenters. The van der Waals surface area contributed by atoms with Crippen LogP contribution >= 0.6 is 0 Å². The molecule has 0 saturated carbocycles. The Bertz CT molecular complexity index is 759. The van der Waals surface area contributed by atoms with Gasteiger partial charge in [0.2, 0.25) is 11.8 Å². The fourth-order valence-corrected chi connectivity index (χ4v) is 4.03. The van der Waals surface area contributed by atoms with Crippen LogP contribution in [0.2, 0.25) is 0 Å². The number of Topliss-reactive ketones (excluding diaryl/α,β-unsaturated/α-hetero) is 1. The lowest BCUT2D eigenvalue weighted by molar-refractivity contribution is -0.144. The van der Waals surface area contributed by atoms with Gasteiger partial charge in [-0.05, 0) is 37.5 Å². The number of fused-ring (bicyclic) bond motifs is 1. The molecule has 0 aliphatic carbocycles. The van der Waals surface area contributed by atoms with Crippen LogP contribution in [0.5, 0.6) is 0 Å². The molecule has 2 heterocycles. The maximum atomic E-state index is 12.9. The third kappa shape index (κ3) is 3.90. The van der Waals surface area contributed by atoms with Gasteiger partial charge in [-0.15, -0.1) is 0 Å². The van der Waals surface area contributed by atoms with Gasteiger partial charge < -0.3 is 14.5 Å². The maximum absolute atomic E-state index is 12.9. The molecule has 0 aromatic heterocycles. The molecule has 2 aliphatic heterocycles. The van der Waals surface area contributed by atoms with Crippen LogP contribution in [0.3, 0.4) is 0 Å². The SMILES string of the molecule is Cc1ccc(C(=O)CCC(=O)N2C(C(=O)N(C)C)C[C@@H]3OCC[C@@H]32)cc1C. The van der Waals surface area contributed by atoms with E-state index in [2.05, 4.69) is 0 Å². The Kier molecular flexibility index (Phi) is 5.65. The first-order valence-electron chi connectivity index (χ1n) is 9.54. The number of likely N-dealkylation sites (N-methyl/N-ethyl adjacent to an activating group) is 1. The van der Waals surface area contributed by atoms with Crippen molar-refractivity contribution in [2.24, 2.45) is 0 Å². The lowest BCUT2D eigenvalue weighted by Gasteiger charge is -2.30. The van der Waals surface area contributed by atoms with Crippen LogP contribution < -0.4 is 0 Å². The van der Waals surface area contributed by atoms with Crippen LogP contribution in [-0.4, -0.2) is 66.3 Å². The van der Waals surface area contributed by atoms with Crippen molar-refractivity contribution in [2.45, 2.75) is 57.7 Å². The smallest absolute Gasteiger partial charge is 0.244 e. The van der Waals surface area contributed by atoms with Crippen LogP contribution in [0.1, 0.15) is 47.2 Å². The first kappa shape index (κ1) is 19.5. The molecule has 0 bridgehead atoms. The zero-order chi connectivity index (χ0) is 19.7. The minimum absolute atomic E-state index is 0.0413. The Morgan fingerprint density at radius 3 is 2.56 bits per heavy atom. The van der Waals surface area contributed by atoms with Crippen molar-refractivity contribution in [3.63, 3.8) is 0 Å². The topological polar surface area (TPSA) is 66.9 Å². The number of ether oxygens (including phenoxy) is 1. The van der Waals surface area contributed by atoms with Gasteiger partial charge in [-0.1, -0.05) is 12.1 Å². The summed E-state index contributed by atoms with van der Waals surface area (Å²) in [5.41, 5.74) is 2.83. The highest BCUT2D eigenvalue weighted by Gasteiger charge is 2.49. The van der Waals surface area contributed by atoms with Crippen LogP contribution in [0.25, 0.3) is 0 Å². The Labute approximate surface area is 160 Å². The van der Waals surface area contributed by atoms with Crippen molar-refractivity contribution in [1.29, 1.82) is 0 Å². The van der Waals surface area contributed by atoms with E-state index in [-0.39, 0.29) is 42.6 Å². The standard InChI is InChI=1S/C21H28N2O4/c1-13-5-6-15(11-14(13)2)18(24)7-8-20(25)23-16-9-10-27-19(16)12-17(23)21(26)22(3)4/h5-6,11,16-17,19H,7-10,12H2,1-4H3/t16-,17?,19-/m0/s1. The van der Waals surface area contributed by atoms with Crippen molar-refractivity contribution >= 4 is 17.6 Å². The van der Waals surface area contributed by atoms with Crippen LogP contribution in [-0.2, 0) is 14.3 Å². The zero-order valence-electron chi connectivity index (χ0n) is 16.5. The number of rotatable bonds is 5. The third-order valence-corrected chi connectivity index (χ3v) is 5.73. The molecule has 6 heteroatoms. The van der Waals surface area contributed by atoms with Crippen molar-refractivity contribution in [3.8, 4) is 0 Å². The van der Waals surface area contributed by atoms with Crippen LogP contribution in [0, 0.1) is 13.8 Å². The predicted octanol–water partition coefficient (Wildman–Crippen LogP) is 2.11. The lowest BCUT2D eigenvalue weighted by Crippen LogP contribution is -2.48. The molecule has 6 nitrogen and oxygen atoms in total. The average molecular weight is 372 g/mol.